The molecule has 2 saturated heterocycles. The zero-order valence-corrected chi connectivity index (χ0v) is 25.7. The zero-order valence-electron chi connectivity index (χ0n) is 24.8. The number of amides is 3. The molecule has 4 rings (SSSR count). The molecule has 0 saturated carbocycles. The van der Waals surface area contributed by atoms with E-state index >= 15 is 0 Å². The van der Waals surface area contributed by atoms with Crippen LogP contribution in [0.25, 0.3) is 11.3 Å². The van der Waals surface area contributed by atoms with Crippen LogP contribution in [0.3, 0.4) is 0 Å². The Hall–Kier alpha value is -3.51. The highest BCUT2D eigenvalue weighted by molar-refractivity contribution is 7.54. The third-order valence-electron chi connectivity index (χ3n) is 7.48. The number of nitrogens with zero attached hydrogens (tertiary/aromatic N) is 4. The van der Waals surface area contributed by atoms with Crippen LogP contribution in [-0.4, -0.2) is 116 Å². The van der Waals surface area contributed by atoms with Crippen molar-refractivity contribution < 1.29 is 37.8 Å². The Morgan fingerprint density at radius 1 is 1.02 bits per heavy atom. The summed E-state index contributed by atoms with van der Waals surface area (Å²) in [5, 5.41) is 12.1. The van der Waals surface area contributed by atoms with Crippen LogP contribution in [0.1, 0.15) is 30.8 Å². The van der Waals surface area contributed by atoms with E-state index in [1.807, 2.05) is 36.4 Å². The molecule has 0 spiro atoms. The molecule has 0 unspecified atom stereocenters. The first kappa shape index (κ1) is 32.4. The van der Waals surface area contributed by atoms with Crippen LogP contribution in [0.5, 0.6) is 0 Å². The molecular weight excluding hydrogens is 577 g/mol. The molecule has 3 heterocycles. The summed E-state index contributed by atoms with van der Waals surface area (Å²) >= 11 is 0. The molecule has 0 bridgehead atoms. The first-order chi connectivity index (χ1) is 20.7. The summed E-state index contributed by atoms with van der Waals surface area (Å²) in [7, 11) is -2.08. The maximum Gasteiger partial charge on any atom is 0.407 e. The quantitative estimate of drug-likeness (QED) is 0.340. The molecule has 2 atom stereocenters. The smallest absolute Gasteiger partial charge is 0.407 e. The van der Waals surface area contributed by atoms with Gasteiger partial charge in [-0.05, 0) is 32.4 Å². The van der Waals surface area contributed by atoms with Gasteiger partial charge in [0.05, 0.1) is 31.2 Å². The molecule has 0 radical (unpaired) electrons. The van der Waals surface area contributed by atoms with Gasteiger partial charge in [-0.2, -0.15) is 0 Å². The molecule has 14 heteroatoms. The molecule has 1 aromatic heterocycles. The molecule has 2 aliphatic rings. The minimum atomic E-state index is -3.76. The number of nitrogens with one attached hydrogen (secondary N) is 1. The van der Waals surface area contributed by atoms with Gasteiger partial charge >= 0.3 is 13.7 Å². The summed E-state index contributed by atoms with van der Waals surface area (Å²) in [6, 6.07) is 11.8. The predicted molar refractivity (Wildman–Crippen MR) is 160 cm³/mol. The summed E-state index contributed by atoms with van der Waals surface area (Å²) in [5.41, 5.74) is 2.29. The summed E-state index contributed by atoms with van der Waals surface area (Å²) in [4.78, 5) is 48.4. The van der Waals surface area contributed by atoms with E-state index in [1.54, 1.807) is 27.0 Å². The number of piperazine rings is 1. The largest absolute Gasteiger partial charge is 0.465 e. The van der Waals surface area contributed by atoms with Crippen molar-refractivity contribution in [3.05, 3.63) is 48.2 Å². The van der Waals surface area contributed by atoms with Gasteiger partial charge in [-0.1, -0.05) is 30.3 Å². The molecule has 2 aromatic rings. The highest BCUT2D eigenvalue weighted by atomic mass is 31.2. The first-order valence-electron chi connectivity index (χ1n) is 14.5. The van der Waals surface area contributed by atoms with Crippen LogP contribution in [-0.2, 0) is 23.1 Å². The van der Waals surface area contributed by atoms with Gasteiger partial charge in [-0.15, -0.1) is 0 Å². The Balaban J connectivity index is 1.64. The number of methoxy groups -OCH3 is 1. The van der Waals surface area contributed by atoms with Crippen molar-refractivity contribution in [3.63, 3.8) is 0 Å². The fourth-order valence-electron chi connectivity index (χ4n) is 5.24. The van der Waals surface area contributed by atoms with Gasteiger partial charge in [0.1, 0.15) is 11.7 Å². The predicted octanol–water partition coefficient (Wildman–Crippen LogP) is 3.16. The number of pyridine rings is 1. The van der Waals surface area contributed by atoms with E-state index in [0.29, 0.717) is 12.2 Å². The van der Waals surface area contributed by atoms with Gasteiger partial charge in [0.25, 0.3) is 5.91 Å². The van der Waals surface area contributed by atoms with Crippen molar-refractivity contribution in [3.8, 4) is 11.3 Å². The van der Waals surface area contributed by atoms with E-state index in [0.717, 1.165) is 24.2 Å². The van der Waals surface area contributed by atoms with Crippen molar-refractivity contribution in [2.75, 3.05) is 70.7 Å². The van der Waals surface area contributed by atoms with Crippen LogP contribution < -0.4 is 10.2 Å². The van der Waals surface area contributed by atoms with Gasteiger partial charge in [0.15, 0.2) is 0 Å². The minimum Gasteiger partial charge on any atom is -0.465 e. The van der Waals surface area contributed by atoms with Crippen LogP contribution >= 0.6 is 7.60 Å². The Morgan fingerprint density at radius 3 is 2.26 bits per heavy atom. The van der Waals surface area contributed by atoms with Crippen LogP contribution in [0.4, 0.5) is 10.5 Å². The average Bonchev–Trinajstić information content (AvgIpc) is 3.50. The SMILES string of the molecule is CCOP(=O)(C[C@H](NC(=O)c1cc(N2CC[C@H](OC)C2)cc(-c2ccccc2)n1)C(=O)N1CCN(C(=O)O)CC1)OCC. The number of carboxylic acid groups (broad SMARTS) is 1. The fraction of sp³-hybridized carbons (Fsp3) is 0.517. The maximum absolute atomic E-state index is 13.8. The molecule has 234 valence electrons. The molecule has 43 heavy (non-hydrogen) atoms. The first-order valence-corrected chi connectivity index (χ1v) is 16.2. The number of benzene rings is 1. The van der Waals surface area contributed by atoms with Crippen molar-refractivity contribution in [1.29, 1.82) is 0 Å². The highest BCUT2D eigenvalue weighted by Gasteiger charge is 2.37. The number of rotatable bonds is 12. The van der Waals surface area contributed by atoms with Crippen molar-refractivity contribution in [2.45, 2.75) is 32.4 Å². The number of carbonyl (C=O) groups excluding carboxylic acids is 2. The Kier molecular flexibility index (Phi) is 11.1. The van der Waals surface area contributed by atoms with E-state index in [2.05, 4.69) is 15.2 Å². The monoisotopic (exact) mass is 617 g/mol. The lowest BCUT2D eigenvalue weighted by Gasteiger charge is -2.35. The third kappa shape index (κ3) is 8.32. The van der Waals surface area contributed by atoms with E-state index < -0.39 is 31.5 Å². The lowest BCUT2D eigenvalue weighted by Crippen LogP contribution is -2.56. The lowest BCUT2D eigenvalue weighted by molar-refractivity contribution is -0.134. The summed E-state index contributed by atoms with van der Waals surface area (Å²) in [5.74, 6) is -1.12. The van der Waals surface area contributed by atoms with Gasteiger partial charge in [0.2, 0.25) is 5.91 Å². The van der Waals surface area contributed by atoms with Gasteiger partial charge in [-0.3, -0.25) is 14.2 Å². The van der Waals surface area contributed by atoms with Gasteiger partial charge < -0.3 is 38.9 Å². The number of hydrogen-bond acceptors (Lipinski definition) is 9. The van der Waals surface area contributed by atoms with E-state index in [9.17, 15) is 24.1 Å². The Labute approximate surface area is 251 Å². The topological polar surface area (TPSA) is 151 Å². The third-order valence-corrected chi connectivity index (χ3v) is 9.59. The normalized spacial score (nSPS) is 18.0. The molecule has 3 amide bonds. The van der Waals surface area contributed by atoms with Crippen molar-refractivity contribution in [1.82, 2.24) is 20.1 Å². The highest BCUT2D eigenvalue weighted by Crippen LogP contribution is 2.48. The Morgan fingerprint density at radius 2 is 1.67 bits per heavy atom. The molecule has 0 aliphatic carbocycles. The van der Waals surface area contributed by atoms with Crippen molar-refractivity contribution >= 4 is 31.2 Å². The second kappa shape index (κ2) is 14.8. The van der Waals surface area contributed by atoms with Crippen LogP contribution in [0.2, 0.25) is 0 Å². The number of carbonyl (C=O) groups is 3. The number of aromatic nitrogens is 1. The van der Waals surface area contributed by atoms with Crippen molar-refractivity contribution in [2.24, 2.45) is 0 Å². The Bertz CT molecular complexity index is 1310. The number of hydrogen-bond donors (Lipinski definition) is 2. The van der Waals surface area contributed by atoms with E-state index in [4.69, 9.17) is 13.8 Å². The summed E-state index contributed by atoms with van der Waals surface area (Å²) in [6.45, 7) is 5.42. The fourth-order valence-corrected chi connectivity index (χ4v) is 7.01. The van der Waals surface area contributed by atoms with Gasteiger partial charge in [-0.25, -0.2) is 9.78 Å². The average molecular weight is 618 g/mol. The lowest BCUT2D eigenvalue weighted by atomic mass is 10.1. The standard InChI is InChI=1S/C29H40N5O8P/c1-4-41-43(39,42-5-2)20-26(28(36)32-13-15-33(16-14-32)29(37)38)31-27(35)25-18-22(34-12-11-23(19-34)40-3)17-24(30-25)21-9-7-6-8-10-21/h6-10,17-18,23,26H,4-5,11-16,19-20H2,1-3H3,(H,31,35)(H,37,38)/t23-,26-/m0/s1. The number of anilines is 1. The van der Waals surface area contributed by atoms with Crippen LogP contribution in [0.15, 0.2) is 42.5 Å². The molecule has 13 nitrogen and oxygen atoms in total. The van der Waals surface area contributed by atoms with E-state index in [1.165, 1.54) is 9.80 Å². The van der Waals surface area contributed by atoms with Crippen LogP contribution in [0, 0.1) is 0 Å². The summed E-state index contributed by atoms with van der Waals surface area (Å²) < 4.78 is 29.9. The second-order valence-corrected chi connectivity index (χ2v) is 12.4. The maximum atomic E-state index is 13.8. The molecular formula is C29H40N5O8P. The molecule has 1 aromatic carbocycles. The molecule has 2 fully saturated rings. The second-order valence-electron chi connectivity index (χ2n) is 10.3. The van der Waals surface area contributed by atoms with E-state index in [-0.39, 0.29) is 57.4 Å². The minimum absolute atomic E-state index is 0.0699. The van der Waals surface area contributed by atoms with Gasteiger partial charge in [0, 0.05) is 57.6 Å². The molecule has 2 aliphatic heterocycles. The molecule has 2 N–H and O–H groups in total. The zero-order chi connectivity index (χ0) is 31.0. The summed E-state index contributed by atoms with van der Waals surface area (Å²) in [6.07, 6.45) is -0.535. The number of ether oxygens (including phenoxy) is 1.